The fraction of sp³-hybridized carbons (Fsp3) is 0.147. The largest absolute Gasteiger partial charge is 0.310 e. The van der Waals surface area contributed by atoms with E-state index in [0.717, 1.165) is 22.7 Å². The number of benzene rings is 10. The van der Waals surface area contributed by atoms with Crippen LogP contribution in [0.15, 0.2) is 224 Å². The fourth-order valence-corrected chi connectivity index (χ4v) is 11.4. The van der Waals surface area contributed by atoms with Crippen molar-refractivity contribution in [2.75, 3.05) is 4.90 Å². The van der Waals surface area contributed by atoms with E-state index in [1.807, 2.05) is 0 Å². The summed E-state index contributed by atoms with van der Waals surface area (Å²) in [4.78, 5) is 2.53. The van der Waals surface area contributed by atoms with Crippen LogP contribution in [-0.2, 0) is 16.2 Å². The highest BCUT2D eigenvalue weighted by Gasteiger charge is 2.41. The Morgan fingerprint density at radius 1 is 0.400 bits per heavy atom. The number of hydrogen-bond acceptors (Lipinski definition) is 1. The van der Waals surface area contributed by atoms with Crippen LogP contribution < -0.4 is 4.90 Å². The third-order valence-electron chi connectivity index (χ3n) is 15.2. The predicted molar refractivity (Wildman–Crippen MR) is 299 cm³/mol. The number of anilines is 3. The summed E-state index contributed by atoms with van der Waals surface area (Å²) in [6, 6.07) is 84.0. The first kappa shape index (κ1) is 43.3. The second-order valence-electron chi connectivity index (χ2n) is 21.5. The summed E-state index contributed by atoms with van der Waals surface area (Å²) in [5, 5.41) is 4.91. The molecule has 0 bridgehead atoms. The average molecular weight is 903 g/mol. The molecule has 0 amide bonds. The molecule has 340 valence electrons. The van der Waals surface area contributed by atoms with Crippen molar-refractivity contribution >= 4 is 49.6 Å². The number of fused-ring (bicyclic) bond motifs is 7. The highest BCUT2D eigenvalue weighted by molar-refractivity contribution is 6.12. The van der Waals surface area contributed by atoms with Gasteiger partial charge in [-0.2, -0.15) is 0 Å². The first-order valence-electron chi connectivity index (χ1n) is 24.8. The summed E-state index contributed by atoms with van der Waals surface area (Å²) in [6.45, 7) is 16.4. The Morgan fingerprint density at radius 3 is 1.69 bits per heavy atom. The van der Waals surface area contributed by atoms with Gasteiger partial charge in [0.15, 0.2) is 0 Å². The highest BCUT2D eigenvalue weighted by Crippen LogP contribution is 2.55. The monoisotopic (exact) mass is 902 g/mol. The van der Waals surface area contributed by atoms with Crippen molar-refractivity contribution in [2.24, 2.45) is 0 Å². The second-order valence-corrected chi connectivity index (χ2v) is 21.5. The zero-order valence-electron chi connectivity index (χ0n) is 41.3. The van der Waals surface area contributed by atoms with Crippen LogP contribution in [0.2, 0.25) is 0 Å². The van der Waals surface area contributed by atoms with Crippen LogP contribution in [-0.4, -0.2) is 4.57 Å². The lowest BCUT2D eigenvalue weighted by molar-refractivity contribution is 0.569. The molecule has 1 heterocycles. The Kier molecular flexibility index (Phi) is 10.1. The molecule has 2 heteroatoms. The normalized spacial score (nSPS) is 14.6. The van der Waals surface area contributed by atoms with Gasteiger partial charge >= 0.3 is 0 Å². The molecule has 11 aromatic rings. The molecule has 12 rings (SSSR count). The Morgan fingerprint density at radius 2 is 0.957 bits per heavy atom. The van der Waals surface area contributed by atoms with Gasteiger partial charge in [-0.25, -0.2) is 0 Å². The molecule has 1 aromatic heterocycles. The minimum atomic E-state index is -0.362. The minimum absolute atomic E-state index is 0.0150. The molecule has 0 fully saturated rings. The SMILES string of the molecule is CC(C)(C)c1cc(-c2cccc3cccc(-c4ccccc4N(c4ccc5c(c4)C(C)(c4ccccc4)c4ccccc4-5)c4ccc5c(c4)c4ccccc4n5-c4ccccc4)c23)cc(C(C)(C)C)c1. The van der Waals surface area contributed by atoms with Gasteiger partial charge in [-0.05, 0) is 139 Å². The summed E-state index contributed by atoms with van der Waals surface area (Å²) < 4.78 is 2.40. The minimum Gasteiger partial charge on any atom is -0.310 e. The topological polar surface area (TPSA) is 8.17 Å². The van der Waals surface area contributed by atoms with Crippen LogP contribution in [0.5, 0.6) is 0 Å². The molecule has 0 radical (unpaired) electrons. The molecular formula is C68H58N2. The standard InChI is InChI=1S/C68H58N2/c1-66(2,3)48-40-46(41-49(42-48)67(4,5)6)53-31-20-22-45-23-21-32-58(65(45)53)56-29-15-18-34-62(56)69(51-37-39-64-59(43-51)57-30-16-19-35-63(57)70(64)50-26-12-9-13-27-50)52-36-38-55-54-28-14-17-33-60(54)68(7,61(55)44-52)47-24-10-8-11-25-47/h8-44H,1-7H3. The third-order valence-corrected chi connectivity index (χ3v) is 15.2. The van der Waals surface area contributed by atoms with Gasteiger partial charge in [-0.3, -0.25) is 0 Å². The Balaban J connectivity index is 1.13. The lowest BCUT2D eigenvalue weighted by Crippen LogP contribution is -2.22. The summed E-state index contributed by atoms with van der Waals surface area (Å²) >= 11 is 0. The van der Waals surface area contributed by atoms with Gasteiger partial charge < -0.3 is 9.47 Å². The van der Waals surface area contributed by atoms with Gasteiger partial charge in [-0.15, -0.1) is 0 Å². The van der Waals surface area contributed by atoms with Gasteiger partial charge in [0.25, 0.3) is 0 Å². The van der Waals surface area contributed by atoms with E-state index in [1.165, 1.54) is 93.8 Å². The van der Waals surface area contributed by atoms with Crippen molar-refractivity contribution in [1.29, 1.82) is 0 Å². The number of rotatable bonds is 7. The molecule has 1 aliphatic carbocycles. The van der Waals surface area contributed by atoms with E-state index in [1.54, 1.807) is 0 Å². The van der Waals surface area contributed by atoms with Crippen LogP contribution in [0.3, 0.4) is 0 Å². The van der Waals surface area contributed by atoms with E-state index in [9.17, 15) is 0 Å². The number of para-hydroxylation sites is 3. The van der Waals surface area contributed by atoms with Gasteiger partial charge in [0.05, 0.1) is 16.7 Å². The molecule has 0 aliphatic heterocycles. The molecule has 10 aromatic carbocycles. The van der Waals surface area contributed by atoms with Crippen LogP contribution in [0.4, 0.5) is 17.1 Å². The zero-order chi connectivity index (χ0) is 47.9. The van der Waals surface area contributed by atoms with Crippen LogP contribution in [0.1, 0.15) is 76.3 Å². The molecule has 0 saturated carbocycles. The smallest absolute Gasteiger partial charge is 0.0542 e. The van der Waals surface area contributed by atoms with Crippen molar-refractivity contribution in [3.8, 4) is 39.1 Å². The average Bonchev–Trinajstić information content (AvgIpc) is 3.85. The molecule has 2 nitrogen and oxygen atoms in total. The van der Waals surface area contributed by atoms with Crippen LogP contribution in [0, 0.1) is 0 Å². The number of nitrogens with zero attached hydrogens (tertiary/aromatic N) is 2. The van der Waals surface area contributed by atoms with Crippen molar-refractivity contribution in [2.45, 2.75) is 64.7 Å². The maximum atomic E-state index is 2.53. The molecule has 0 spiro atoms. The predicted octanol–water partition coefficient (Wildman–Crippen LogP) is 18.7. The number of aromatic nitrogens is 1. The van der Waals surface area contributed by atoms with Crippen molar-refractivity contribution < 1.29 is 0 Å². The maximum absolute atomic E-state index is 2.53. The summed E-state index contributed by atoms with van der Waals surface area (Å²) in [7, 11) is 0. The van der Waals surface area contributed by atoms with Gasteiger partial charge in [0.2, 0.25) is 0 Å². The first-order valence-corrected chi connectivity index (χ1v) is 24.8. The van der Waals surface area contributed by atoms with Gasteiger partial charge in [0.1, 0.15) is 0 Å². The number of hydrogen-bond donors (Lipinski definition) is 0. The quantitative estimate of drug-likeness (QED) is 0.155. The molecule has 70 heavy (non-hydrogen) atoms. The summed E-state index contributed by atoms with van der Waals surface area (Å²) in [5.41, 5.74) is 20.5. The van der Waals surface area contributed by atoms with Crippen molar-refractivity contribution in [1.82, 2.24) is 4.57 Å². The van der Waals surface area contributed by atoms with Gasteiger partial charge in [-0.1, -0.05) is 211 Å². The molecule has 1 unspecified atom stereocenters. The molecule has 0 N–H and O–H groups in total. The Labute approximate surface area is 413 Å². The van der Waals surface area contributed by atoms with Crippen LogP contribution >= 0.6 is 0 Å². The summed E-state index contributed by atoms with van der Waals surface area (Å²) in [5.74, 6) is 0. The highest BCUT2D eigenvalue weighted by atomic mass is 15.1. The zero-order valence-corrected chi connectivity index (χ0v) is 41.3. The van der Waals surface area contributed by atoms with Crippen LogP contribution in [0.25, 0.3) is 71.6 Å². The Hall–Kier alpha value is -7.94. The van der Waals surface area contributed by atoms with E-state index in [-0.39, 0.29) is 16.2 Å². The lowest BCUT2D eigenvalue weighted by Gasteiger charge is -2.32. The van der Waals surface area contributed by atoms with E-state index in [0.29, 0.717) is 0 Å². The van der Waals surface area contributed by atoms with E-state index < -0.39 is 0 Å². The fourth-order valence-electron chi connectivity index (χ4n) is 11.4. The van der Waals surface area contributed by atoms with E-state index in [4.69, 9.17) is 0 Å². The lowest BCUT2D eigenvalue weighted by atomic mass is 9.74. The maximum Gasteiger partial charge on any atom is 0.0542 e. The second kappa shape index (κ2) is 16.4. The van der Waals surface area contributed by atoms with Gasteiger partial charge in [0, 0.05) is 38.8 Å². The van der Waals surface area contributed by atoms with E-state index >= 15 is 0 Å². The Bertz CT molecular complexity index is 3770. The third kappa shape index (κ3) is 6.99. The van der Waals surface area contributed by atoms with E-state index in [2.05, 4.69) is 282 Å². The molecule has 1 atom stereocenters. The molecule has 1 aliphatic rings. The molecule has 0 saturated heterocycles. The summed E-state index contributed by atoms with van der Waals surface area (Å²) in [6.07, 6.45) is 0. The first-order chi connectivity index (χ1) is 33.9. The molecular weight excluding hydrogens is 845 g/mol. The van der Waals surface area contributed by atoms with Crippen molar-refractivity contribution in [3.05, 3.63) is 252 Å². The van der Waals surface area contributed by atoms with Crippen molar-refractivity contribution in [3.63, 3.8) is 0 Å².